The lowest BCUT2D eigenvalue weighted by molar-refractivity contribution is 0.400. The van der Waals surface area contributed by atoms with Crippen LogP contribution in [0, 0.1) is 5.92 Å². The molecule has 3 unspecified atom stereocenters. The second-order valence-electron chi connectivity index (χ2n) is 15.1. The van der Waals surface area contributed by atoms with Crippen molar-refractivity contribution in [2.45, 2.75) is 18.8 Å². The van der Waals surface area contributed by atoms with Gasteiger partial charge in [-0.25, -0.2) is 4.99 Å². The molecule has 272 valence electrons. The van der Waals surface area contributed by atoms with E-state index in [-0.39, 0.29) is 18.2 Å². The van der Waals surface area contributed by atoms with Crippen molar-refractivity contribution < 1.29 is 8.83 Å². The molecule has 12 rings (SSSR count). The van der Waals surface area contributed by atoms with Gasteiger partial charge in [0.25, 0.3) is 0 Å². The van der Waals surface area contributed by atoms with Crippen molar-refractivity contribution in [3.63, 3.8) is 0 Å². The van der Waals surface area contributed by atoms with Crippen LogP contribution in [-0.4, -0.2) is 10.4 Å². The van der Waals surface area contributed by atoms with Crippen molar-refractivity contribution >= 4 is 72.7 Å². The molecule has 0 amide bonds. The lowest BCUT2D eigenvalue weighted by atomic mass is 9.96. The van der Waals surface area contributed by atoms with Crippen molar-refractivity contribution in [3.8, 4) is 16.8 Å². The van der Waals surface area contributed by atoms with E-state index in [0.29, 0.717) is 0 Å². The van der Waals surface area contributed by atoms with Gasteiger partial charge in [-0.3, -0.25) is 5.32 Å². The maximum absolute atomic E-state index is 6.80. The highest BCUT2D eigenvalue weighted by Gasteiger charge is 2.29. The predicted octanol–water partition coefficient (Wildman–Crippen LogP) is 10.7. The van der Waals surface area contributed by atoms with E-state index in [9.17, 15) is 0 Å². The second-order valence-corrected chi connectivity index (χ2v) is 15.1. The monoisotopic (exact) mass is 736 g/mol. The van der Waals surface area contributed by atoms with Crippen LogP contribution in [0.5, 0.6) is 0 Å². The summed E-state index contributed by atoms with van der Waals surface area (Å²) in [5.74, 6) is 0.996. The first-order chi connectivity index (χ1) is 28.2. The number of aromatic nitrogens is 1. The Morgan fingerprint density at radius 2 is 1.25 bits per heavy atom. The van der Waals surface area contributed by atoms with Crippen LogP contribution >= 0.6 is 0 Å². The minimum absolute atomic E-state index is 0.0420. The third-order valence-electron chi connectivity index (χ3n) is 11.8. The van der Waals surface area contributed by atoms with Crippen LogP contribution in [0.25, 0.3) is 83.7 Å². The van der Waals surface area contributed by atoms with Gasteiger partial charge >= 0.3 is 0 Å². The number of fused-ring (bicyclic) bond motifs is 9. The molecule has 0 saturated heterocycles. The summed E-state index contributed by atoms with van der Waals surface area (Å²) in [6.07, 6.45) is 5.14. The molecule has 0 saturated carbocycles. The summed E-state index contributed by atoms with van der Waals surface area (Å²) >= 11 is 0. The number of rotatable bonds is 5. The van der Waals surface area contributed by atoms with Crippen LogP contribution in [0.1, 0.15) is 29.9 Å². The quantitative estimate of drug-likeness (QED) is 0.185. The van der Waals surface area contributed by atoms with Gasteiger partial charge in [0.05, 0.1) is 11.0 Å². The van der Waals surface area contributed by atoms with Crippen molar-refractivity contribution in [3.05, 3.63) is 186 Å². The van der Waals surface area contributed by atoms with Gasteiger partial charge in [-0.2, -0.15) is 0 Å². The van der Waals surface area contributed by atoms with Gasteiger partial charge in [-0.05, 0) is 65.6 Å². The summed E-state index contributed by atoms with van der Waals surface area (Å²) in [5, 5.41) is 14.4. The Bertz CT molecular complexity index is 3300. The number of furan rings is 2. The Kier molecular flexibility index (Phi) is 7.16. The van der Waals surface area contributed by atoms with Crippen LogP contribution in [0.2, 0.25) is 0 Å². The summed E-state index contributed by atoms with van der Waals surface area (Å²) in [6.45, 7) is 0. The average molecular weight is 737 g/mol. The molecular formula is C51H36N4O2. The predicted molar refractivity (Wildman–Crippen MR) is 232 cm³/mol. The standard InChI is InChI=1S/C51H36N4O2/c1-3-12-31(13-4-1)49-52-50(32-14-5-2-6-15-32)54-51(53-49)34-23-26-41-42-19-11-18-36(48(42)57-46(41)29-34)33-22-25-39-40-27-24-35(30-47(40)56-45(39)28-33)55-43-20-9-7-16-37(43)38-17-8-10-21-44(38)55/h1-22,24-30,34,49-50,52H,23H2,(H,53,54). The van der Waals surface area contributed by atoms with E-state index in [2.05, 4.69) is 185 Å². The van der Waals surface area contributed by atoms with Crippen LogP contribution in [0.3, 0.4) is 0 Å². The molecule has 0 spiro atoms. The van der Waals surface area contributed by atoms with Crippen molar-refractivity contribution in [2.75, 3.05) is 0 Å². The highest BCUT2D eigenvalue weighted by Crippen LogP contribution is 2.38. The molecule has 0 bridgehead atoms. The van der Waals surface area contributed by atoms with E-state index < -0.39 is 0 Å². The van der Waals surface area contributed by atoms with Gasteiger partial charge in [-0.15, -0.1) is 0 Å². The summed E-state index contributed by atoms with van der Waals surface area (Å²) in [6, 6.07) is 57.7. The molecule has 7 aromatic carbocycles. The van der Waals surface area contributed by atoms with E-state index in [1.54, 1.807) is 0 Å². The molecule has 2 N–H and O–H groups in total. The summed E-state index contributed by atoms with van der Waals surface area (Å²) in [7, 11) is 0. The Balaban J connectivity index is 0.921. The van der Waals surface area contributed by atoms with Gasteiger partial charge in [-0.1, -0.05) is 127 Å². The van der Waals surface area contributed by atoms with E-state index >= 15 is 0 Å². The lowest BCUT2D eigenvalue weighted by Crippen LogP contribution is -2.47. The SMILES string of the molecule is C1=c2oc3c(-c4ccc5c(c4)oc4cc(-n6c7ccccc7c7ccccc76)ccc45)cccc3c2=CCC1C1=NC(c2ccccc2)NC(c2ccccc2)N1. The van der Waals surface area contributed by atoms with Crippen LogP contribution < -0.4 is 21.3 Å². The molecule has 3 aromatic heterocycles. The molecule has 1 aliphatic carbocycles. The topological polar surface area (TPSA) is 67.6 Å². The molecule has 6 nitrogen and oxygen atoms in total. The molecule has 3 atom stereocenters. The first-order valence-electron chi connectivity index (χ1n) is 19.6. The minimum Gasteiger partial charge on any atom is -0.456 e. The highest BCUT2D eigenvalue weighted by atomic mass is 16.3. The van der Waals surface area contributed by atoms with Crippen LogP contribution in [-0.2, 0) is 0 Å². The fourth-order valence-electron chi connectivity index (χ4n) is 9.07. The molecule has 0 radical (unpaired) electrons. The first-order valence-corrected chi connectivity index (χ1v) is 19.6. The summed E-state index contributed by atoms with van der Waals surface area (Å²) < 4.78 is 15.8. The molecule has 1 aliphatic heterocycles. The molecule has 57 heavy (non-hydrogen) atoms. The maximum atomic E-state index is 6.80. The van der Waals surface area contributed by atoms with Gasteiger partial charge in [0, 0.05) is 55.4 Å². The summed E-state index contributed by atoms with van der Waals surface area (Å²) in [4.78, 5) is 5.23. The zero-order valence-electron chi connectivity index (χ0n) is 30.9. The Morgan fingerprint density at radius 3 is 2.02 bits per heavy atom. The molecule has 10 aromatic rings. The van der Waals surface area contributed by atoms with E-state index in [1.165, 1.54) is 27.4 Å². The van der Waals surface area contributed by atoms with Crippen molar-refractivity contribution in [1.82, 2.24) is 15.2 Å². The fourth-order valence-corrected chi connectivity index (χ4v) is 9.07. The van der Waals surface area contributed by atoms with E-state index in [4.69, 9.17) is 13.8 Å². The number of amidine groups is 1. The number of aliphatic imine (C=N–C) groups is 1. The fraction of sp³-hybridized carbons (Fsp3) is 0.0784. The highest BCUT2D eigenvalue weighted by molar-refractivity contribution is 6.11. The largest absolute Gasteiger partial charge is 0.456 e. The minimum atomic E-state index is -0.168. The normalized spacial score (nSPS) is 18.0. The Morgan fingerprint density at radius 1 is 0.579 bits per heavy atom. The molecule has 4 heterocycles. The van der Waals surface area contributed by atoms with Gasteiger partial charge < -0.3 is 18.7 Å². The van der Waals surface area contributed by atoms with Crippen LogP contribution in [0.15, 0.2) is 178 Å². The molecular weight excluding hydrogens is 701 g/mol. The Hall–Kier alpha value is -7.15. The zero-order valence-corrected chi connectivity index (χ0v) is 30.9. The number of hydrogen-bond acceptors (Lipinski definition) is 5. The van der Waals surface area contributed by atoms with Crippen molar-refractivity contribution in [2.24, 2.45) is 10.9 Å². The van der Waals surface area contributed by atoms with Crippen molar-refractivity contribution in [1.29, 1.82) is 0 Å². The smallest absolute Gasteiger partial charge is 0.143 e. The number of nitrogens with one attached hydrogen (secondary N) is 2. The van der Waals surface area contributed by atoms with Gasteiger partial charge in [0.2, 0.25) is 0 Å². The first kappa shape index (κ1) is 32.1. The maximum Gasteiger partial charge on any atom is 0.143 e. The molecule has 6 heteroatoms. The lowest BCUT2D eigenvalue weighted by Gasteiger charge is -2.34. The average Bonchev–Trinajstić information content (AvgIpc) is 3.95. The summed E-state index contributed by atoms with van der Waals surface area (Å²) in [5.41, 5.74) is 11.3. The van der Waals surface area contributed by atoms with E-state index in [0.717, 1.165) is 78.2 Å². The molecule has 2 aliphatic rings. The zero-order chi connectivity index (χ0) is 37.5. The second kappa shape index (κ2) is 12.7. The van der Waals surface area contributed by atoms with Crippen LogP contribution in [0.4, 0.5) is 0 Å². The Labute approximate surface area is 327 Å². The molecule has 0 fully saturated rings. The third-order valence-corrected chi connectivity index (χ3v) is 11.8. The third kappa shape index (κ3) is 5.18. The van der Waals surface area contributed by atoms with Gasteiger partial charge in [0.1, 0.15) is 40.3 Å². The van der Waals surface area contributed by atoms with E-state index in [1.807, 2.05) is 6.07 Å². The number of benzene rings is 7. The number of para-hydroxylation sites is 3. The van der Waals surface area contributed by atoms with Gasteiger partial charge in [0.15, 0.2) is 0 Å². The number of nitrogens with zero attached hydrogens (tertiary/aromatic N) is 2. The number of hydrogen-bond donors (Lipinski definition) is 2.